The molecule has 1 aliphatic carbocycles. The Kier molecular flexibility index (Phi) is 6.58. The number of nitrogens with zero attached hydrogens (tertiary/aromatic N) is 2. The number of hydrogen-bond acceptors (Lipinski definition) is 8. The molecule has 0 radical (unpaired) electrons. The minimum absolute atomic E-state index is 0.00555. The number of rotatable bonds is 7. The van der Waals surface area contributed by atoms with E-state index < -0.39 is 34.5 Å². The molecule has 0 bridgehead atoms. The molecule has 2 fully saturated rings. The summed E-state index contributed by atoms with van der Waals surface area (Å²) in [5, 5.41) is 16.1. The van der Waals surface area contributed by atoms with Gasteiger partial charge in [-0.3, -0.25) is 14.5 Å². The first-order chi connectivity index (χ1) is 19.7. The second kappa shape index (κ2) is 9.77. The second-order valence-electron chi connectivity index (χ2n) is 11.8. The van der Waals surface area contributed by atoms with E-state index in [1.807, 2.05) is 19.2 Å². The summed E-state index contributed by atoms with van der Waals surface area (Å²) < 4.78 is 17.0. The molecule has 2 N–H and O–H groups in total. The van der Waals surface area contributed by atoms with E-state index in [9.17, 15) is 14.7 Å². The minimum atomic E-state index is -1.63. The molecule has 3 aliphatic heterocycles. The third-order valence-corrected chi connectivity index (χ3v) is 10.1. The monoisotopic (exact) mass is 561 g/mol. The molecular formula is C32H39N3O6. The molecule has 6 rings (SSSR count). The number of amides is 1. The summed E-state index contributed by atoms with van der Waals surface area (Å²) >= 11 is 0. The highest BCUT2D eigenvalue weighted by Gasteiger charge is 2.77. The lowest BCUT2D eigenvalue weighted by atomic mass is 9.47. The summed E-state index contributed by atoms with van der Waals surface area (Å²) in [6.07, 6.45) is 4.90. The minimum Gasteiger partial charge on any atom is -0.497 e. The standard InChI is InChI=1S/C32H39N3O6/c1-6-30-14-7-16-35-17-15-31(27(30)35)24-13-12-23(40-5)18-25(24)34(3)28(31)32(38,29(30)41-20(2)36)19-33-26(37)21-8-10-22(39-4)11-9-21/h7-14,18,27-29,38H,6,15-17,19H2,1-5H3,(H,33,37)/t27?,28-,29?,30?,31-,32+/m1/s1. The molecule has 1 saturated heterocycles. The van der Waals surface area contributed by atoms with Gasteiger partial charge < -0.3 is 29.5 Å². The summed E-state index contributed by atoms with van der Waals surface area (Å²) in [7, 11) is 5.21. The van der Waals surface area contributed by atoms with Crippen molar-refractivity contribution in [3.05, 3.63) is 65.7 Å². The molecule has 0 aromatic heterocycles. The van der Waals surface area contributed by atoms with Gasteiger partial charge in [0.15, 0.2) is 0 Å². The molecule has 9 heteroatoms. The maximum Gasteiger partial charge on any atom is 0.303 e. The zero-order valence-electron chi connectivity index (χ0n) is 24.3. The van der Waals surface area contributed by atoms with Gasteiger partial charge in [0.2, 0.25) is 0 Å². The maximum atomic E-state index is 13.4. The zero-order chi connectivity index (χ0) is 29.2. The number of nitrogens with one attached hydrogen (secondary N) is 1. The van der Waals surface area contributed by atoms with Gasteiger partial charge in [0, 0.05) is 54.7 Å². The number of benzene rings is 2. The van der Waals surface area contributed by atoms with Crippen LogP contribution in [0.15, 0.2) is 54.6 Å². The zero-order valence-corrected chi connectivity index (χ0v) is 24.3. The quantitative estimate of drug-likeness (QED) is 0.393. The van der Waals surface area contributed by atoms with Crippen molar-refractivity contribution in [3.8, 4) is 11.5 Å². The van der Waals surface area contributed by atoms with Crippen LogP contribution in [0.25, 0.3) is 0 Å². The van der Waals surface area contributed by atoms with Gasteiger partial charge in [0.05, 0.1) is 26.8 Å². The number of likely N-dealkylation sites (N-methyl/N-ethyl adjacent to an activating group) is 1. The molecule has 4 aliphatic rings. The van der Waals surface area contributed by atoms with Crippen molar-refractivity contribution in [2.45, 2.75) is 55.9 Å². The van der Waals surface area contributed by atoms with E-state index in [1.165, 1.54) is 6.92 Å². The molecule has 2 aromatic rings. The van der Waals surface area contributed by atoms with Crippen LogP contribution in [0.5, 0.6) is 11.5 Å². The number of carbonyl (C=O) groups is 2. The van der Waals surface area contributed by atoms with Crippen LogP contribution >= 0.6 is 0 Å². The van der Waals surface area contributed by atoms with E-state index in [4.69, 9.17) is 14.2 Å². The number of anilines is 1. The lowest BCUT2D eigenvalue weighted by Gasteiger charge is -2.64. The summed E-state index contributed by atoms with van der Waals surface area (Å²) in [5.41, 5.74) is -0.165. The predicted molar refractivity (Wildman–Crippen MR) is 155 cm³/mol. The molecule has 1 amide bonds. The Labute approximate surface area is 241 Å². The van der Waals surface area contributed by atoms with Crippen molar-refractivity contribution in [3.63, 3.8) is 0 Å². The summed E-state index contributed by atoms with van der Waals surface area (Å²) in [5.74, 6) is 0.601. The molecule has 1 spiro atoms. The van der Waals surface area contributed by atoms with Gasteiger partial charge in [-0.25, -0.2) is 0 Å². The van der Waals surface area contributed by atoms with Crippen molar-refractivity contribution >= 4 is 17.6 Å². The number of ether oxygens (including phenoxy) is 3. The van der Waals surface area contributed by atoms with Crippen LogP contribution < -0.4 is 19.7 Å². The average Bonchev–Trinajstić information content (AvgIpc) is 3.50. The number of aliphatic hydroxyl groups is 1. The SMILES string of the molecule is CCC12C=CCN3CC[C@@]4(c5ccc(OC)cc5N(C)[C@H]4[C@@](O)(CNC(=O)c4ccc(OC)cc4)C1OC(C)=O)C32. The van der Waals surface area contributed by atoms with Crippen LogP contribution in [-0.2, 0) is 14.9 Å². The van der Waals surface area contributed by atoms with Crippen molar-refractivity contribution in [1.82, 2.24) is 10.2 Å². The predicted octanol–water partition coefficient (Wildman–Crippen LogP) is 2.91. The van der Waals surface area contributed by atoms with E-state index in [0.29, 0.717) is 17.7 Å². The molecule has 41 heavy (non-hydrogen) atoms. The number of carbonyl (C=O) groups excluding carboxylic acids is 2. The molecule has 3 unspecified atom stereocenters. The summed E-state index contributed by atoms with van der Waals surface area (Å²) in [6, 6.07) is 12.5. The van der Waals surface area contributed by atoms with Gasteiger partial charge >= 0.3 is 5.97 Å². The highest BCUT2D eigenvalue weighted by atomic mass is 16.6. The Morgan fingerprint density at radius 1 is 1.07 bits per heavy atom. The van der Waals surface area contributed by atoms with Crippen LogP contribution in [0.1, 0.15) is 42.6 Å². The summed E-state index contributed by atoms with van der Waals surface area (Å²) in [6.45, 7) is 5.04. The molecule has 6 atom stereocenters. The maximum absolute atomic E-state index is 13.4. The molecule has 218 valence electrons. The van der Waals surface area contributed by atoms with Crippen LogP contribution in [0.2, 0.25) is 0 Å². The van der Waals surface area contributed by atoms with Gasteiger partial charge in [0.25, 0.3) is 5.91 Å². The number of fused-ring (bicyclic) bond motifs is 1. The van der Waals surface area contributed by atoms with Crippen LogP contribution in [0.4, 0.5) is 5.69 Å². The number of methoxy groups -OCH3 is 2. The lowest BCUT2D eigenvalue weighted by molar-refractivity contribution is -0.216. The smallest absolute Gasteiger partial charge is 0.303 e. The average molecular weight is 562 g/mol. The Hall–Kier alpha value is -3.56. The van der Waals surface area contributed by atoms with Crippen molar-refractivity contribution in [2.24, 2.45) is 5.41 Å². The third-order valence-electron chi connectivity index (χ3n) is 10.1. The van der Waals surface area contributed by atoms with Gasteiger partial charge in [0.1, 0.15) is 23.2 Å². The van der Waals surface area contributed by atoms with E-state index in [0.717, 1.165) is 36.5 Å². The Bertz CT molecular complexity index is 1390. The Balaban J connectivity index is 1.51. The Morgan fingerprint density at radius 2 is 1.78 bits per heavy atom. The normalized spacial score (nSPS) is 33.0. The van der Waals surface area contributed by atoms with E-state index in [-0.39, 0.29) is 18.5 Å². The summed E-state index contributed by atoms with van der Waals surface area (Å²) in [4.78, 5) is 30.7. The van der Waals surface area contributed by atoms with Crippen LogP contribution in [0, 0.1) is 5.41 Å². The van der Waals surface area contributed by atoms with Gasteiger partial charge in [-0.15, -0.1) is 0 Å². The Morgan fingerprint density at radius 3 is 2.44 bits per heavy atom. The molecular weight excluding hydrogens is 522 g/mol. The van der Waals surface area contributed by atoms with Gasteiger partial charge in [-0.2, -0.15) is 0 Å². The highest BCUT2D eigenvalue weighted by Crippen LogP contribution is 2.67. The fraction of sp³-hybridized carbons (Fsp3) is 0.500. The first-order valence-electron chi connectivity index (χ1n) is 14.3. The lowest BCUT2D eigenvalue weighted by Crippen LogP contribution is -2.81. The van der Waals surface area contributed by atoms with Crippen molar-refractivity contribution < 1.29 is 28.9 Å². The van der Waals surface area contributed by atoms with Gasteiger partial charge in [-0.05, 0) is 55.3 Å². The highest BCUT2D eigenvalue weighted by molar-refractivity contribution is 5.94. The van der Waals surface area contributed by atoms with E-state index in [1.54, 1.807) is 38.5 Å². The number of esters is 1. The number of hydrogen-bond donors (Lipinski definition) is 2. The van der Waals surface area contributed by atoms with E-state index >= 15 is 0 Å². The largest absolute Gasteiger partial charge is 0.497 e. The van der Waals surface area contributed by atoms with Crippen LogP contribution in [-0.4, -0.2) is 86.6 Å². The molecule has 1 saturated carbocycles. The van der Waals surface area contributed by atoms with Crippen molar-refractivity contribution in [2.75, 3.05) is 45.8 Å². The van der Waals surface area contributed by atoms with Crippen molar-refractivity contribution in [1.29, 1.82) is 0 Å². The molecule has 2 aromatic carbocycles. The fourth-order valence-electron chi connectivity index (χ4n) is 8.71. The molecule has 9 nitrogen and oxygen atoms in total. The first-order valence-corrected chi connectivity index (χ1v) is 14.3. The van der Waals surface area contributed by atoms with Crippen LogP contribution in [0.3, 0.4) is 0 Å². The first kappa shape index (κ1) is 27.6. The molecule has 3 heterocycles. The van der Waals surface area contributed by atoms with Gasteiger partial charge in [-0.1, -0.05) is 25.1 Å². The third kappa shape index (κ3) is 3.74. The topological polar surface area (TPSA) is 101 Å². The fourth-order valence-corrected chi connectivity index (χ4v) is 8.71. The van der Waals surface area contributed by atoms with E-state index in [2.05, 4.69) is 40.3 Å². The second-order valence-corrected chi connectivity index (χ2v) is 11.8.